The van der Waals surface area contributed by atoms with E-state index in [4.69, 9.17) is 0 Å². The van der Waals surface area contributed by atoms with Crippen LogP contribution < -0.4 is 0 Å². The molecule has 0 heterocycles. The van der Waals surface area contributed by atoms with Crippen LogP contribution in [-0.4, -0.2) is 147 Å². The fourth-order valence-corrected chi connectivity index (χ4v) is 0. The molecule has 0 bridgehead atoms. The Morgan fingerprint density at radius 2 is 0.176 bits per heavy atom. The van der Waals surface area contributed by atoms with Crippen molar-refractivity contribution in [2.45, 2.75) is 0 Å². The summed E-state index contributed by atoms with van der Waals surface area (Å²) in [5, 5.41) is 0. The summed E-state index contributed by atoms with van der Waals surface area (Å²) in [6.45, 7) is 0. The second-order valence-corrected chi connectivity index (χ2v) is 0. The van der Waals surface area contributed by atoms with E-state index in [0.717, 1.165) is 0 Å². The second-order valence-electron chi connectivity index (χ2n) is 0. The van der Waals surface area contributed by atoms with Gasteiger partial charge in [-0.15, -0.1) is 0 Å². The van der Waals surface area contributed by atoms with Crippen molar-refractivity contribution < 1.29 is 60.2 Å². The molecule has 0 spiro atoms. The van der Waals surface area contributed by atoms with Gasteiger partial charge in [0.05, 0.1) is 0 Å². The minimum absolute atomic E-state index is 0. The van der Waals surface area contributed by atoms with Crippen molar-refractivity contribution >= 4 is 147 Å². The van der Waals surface area contributed by atoms with E-state index in [0.29, 0.717) is 0 Å². The van der Waals surface area contributed by atoms with Crippen LogP contribution in [0.5, 0.6) is 0 Å². The van der Waals surface area contributed by atoms with Gasteiger partial charge < -0.3 is 60.2 Å². The molecule has 0 unspecified atom stereocenters. The van der Waals surface area contributed by atoms with Gasteiger partial charge in [0.15, 0.2) is 0 Å². The molecule has 0 aliphatic rings. The van der Waals surface area contributed by atoms with Crippen LogP contribution in [0.25, 0.3) is 0 Å². The molecule has 17 heavy (non-hydrogen) atoms. The molecule has 0 aromatic carbocycles. The zero-order chi connectivity index (χ0) is 0. The van der Waals surface area contributed by atoms with Crippen LogP contribution in [-0.2, 0) is 60.2 Å². The molecule has 0 radical (unpaired) electrons. The maximum atomic E-state index is 0. The van der Waals surface area contributed by atoms with E-state index in [9.17, 15) is 0 Å². The van der Waals surface area contributed by atoms with Gasteiger partial charge in [0.2, 0.25) is 0 Å². The van der Waals surface area contributed by atoms with E-state index in [1.807, 2.05) is 0 Å². The molecule has 0 saturated heterocycles. The zero-order valence-electron chi connectivity index (χ0n) is 7.65. The molecule has 0 atom stereocenters. The minimum Gasteiger partial charge on any atom is -2.00 e. The molecule has 0 N–H and O–H groups in total. The quantitative estimate of drug-likeness (QED) is 0.213. The third-order valence-corrected chi connectivity index (χ3v) is 0. The normalized spacial score (nSPS) is 0. The molecule has 0 aromatic rings. The molecule has 0 fully saturated rings. The summed E-state index contributed by atoms with van der Waals surface area (Å²) >= 11 is 0. The summed E-state index contributed by atoms with van der Waals surface area (Å²) in [5.74, 6) is 0. The number of rotatable bonds is 0. The second kappa shape index (κ2) is 386. The molecule has 0 saturated carbocycles. The molecule has 0 aromatic heterocycles. The van der Waals surface area contributed by atoms with E-state index in [-0.39, 0.29) is 208 Å². The van der Waals surface area contributed by atoms with Gasteiger partial charge in [-0.2, -0.15) is 0 Å². The first-order valence-corrected chi connectivity index (χ1v) is 0. The van der Waals surface area contributed by atoms with Crippen LogP contribution in [0.15, 0.2) is 0 Å². The number of hydrogen-bond donors (Lipinski definition) is 0. The van der Waals surface area contributed by atoms with Gasteiger partial charge in [0, 0.05) is 0 Å². The van der Waals surface area contributed by atoms with Gasteiger partial charge in [-0.1, -0.05) is 0 Å². The number of hydrogen-bond acceptors (Lipinski definition) is 0. The predicted molar refractivity (Wildman–Crippen MR) is 42.1 cm³/mol. The van der Waals surface area contributed by atoms with Crippen molar-refractivity contribution in [1.82, 2.24) is 0 Å². The average Bonchev–Trinajstić information content (AvgIpc) is 0. The molecule has 11 nitrogen and oxygen atoms in total. The molecule has 0 amide bonds. The molecule has 17 heteroatoms. The fraction of sp³-hybridized carbons (Fsp3) is 0. The third kappa shape index (κ3) is 347. The van der Waals surface area contributed by atoms with Gasteiger partial charge in [0.25, 0.3) is 0 Å². The van der Waals surface area contributed by atoms with Gasteiger partial charge in [-0.25, -0.2) is 0 Å². The monoisotopic (exact) mass is 885 g/mol. The fourth-order valence-electron chi connectivity index (χ4n) is 0. The molecule has 0 rings (SSSR count). The first-order valence-electron chi connectivity index (χ1n) is 0. The van der Waals surface area contributed by atoms with E-state index in [2.05, 4.69) is 0 Å². The minimum atomic E-state index is 0. The SMILES string of the molecule is [In+3].[In+3].[O-2].[O-2].[O-2].[O-2].[O-2].[O-2].[O-2].[O-2].[O-2].[O-2].[O-2].[Sn+4].[Sn+4].[Sn+4].[Sn+4]. The summed E-state index contributed by atoms with van der Waals surface area (Å²) in [6, 6.07) is 0. The Bertz CT molecular complexity index is 21.4. The third-order valence-electron chi connectivity index (χ3n) is 0. The van der Waals surface area contributed by atoms with Crippen molar-refractivity contribution in [2.75, 3.05) is 0 Å². The maximum absolute atomic E-state index is 0. The van der Waals surface area contributed by atoms with Crippen molar-refractivity contribution in [3.05, 3.63) is 0 Å². The van der Waals surface area contributed by atoms with Crippen LogP contribution in [0.4, 0.5) is 0 Å². The summed E-state index contributed by atoms with van der Waals surface area (Å²) < 4.78 is 0. The smallest absolute Gasteiger partial charge is 2.00 e. The predicted octanol–water partition coefficient (Wildman–Crippen LogP) is -3.59. The van der Waals surface area contributed by atoms with Crippen molar-refractivity contribution in [2.24, 2.45) is 0 Å². The van der Waals surface area contributed by atoms with Gasteiger partial charge in [-0.3, -0.25) is 0 Å². The Morgan fingerprint density at radius 1 is 0.176 bits per heavy atom. The summed E-state index contributed by atoms with van der Waals surface area (Å²) in [5.41, 5.74) is 0. The molecule has 0 aliphatic heterocycles. The Labute approximate surface area is 204 Å². The van der Waals surface area contributed by atoms with Crippen molar-refractivity contribution in [3.8, 4) is 0 Å². The van der Waals surface area contributed by atoms with E-state index >= 15 is 0 Å². The standard InChI is InChI=1S/2In.11O.4Sn/q2*+3;11*-2;4*+4. The Balaban J connectivity index is 0. The Morgan fingerprint density at radius 3 is 0.176 bits per heavy atom. The van der Waals surface area contributed by atoms with Crippen LogP contribution in [0.2, 0.25) is 0 Å². The van der Waals surface area contributed by atoms with E-state index in [1.54, 1.807) is 0 Å². The van der Waals surface area contributed by atoms with Gasteiger partial charge in [0.1, 0.15) is 0 Å². The van der Waals surface area contributed by atoms with Gasteiger partial charge in [-0.05, 0) is 0 Å². The zero-order valence-corrected chi connectivity index (χ0v) is 25.7. The average molecular weight is 880 g/mol. The van der Waals surface area contributed by atoms with Crippen LogP contribution in [0.1, 0.15) is 0 Å². The van der Waals surface area contributed by atoms with Crippen LogP contribution in [0, 0.1) is 0 Å². The largest absolute Gasteiger partial charge is 4.00 e. The van der Waals surface area contributed by atoms with Crippen LogP contribution in [0.3, 0.4) is 0 Å². The first-order chi connectivity index (χ1) is 0. The molecule has 88 valence electrons. The van der Waals surface area contributed by atoms with Gasteiger partial charge >= 0.3 is 147 Å². The van der Waals surface area contributed by atoms with Crippen LogP contribution >= 0.6 is 0 Å². The van der Waals surface area contributed by atoms with Crippen molar-refractivity contribution in [1.29, 1.82) is 0 Å². The van der Waals surface area contributed by atoms with E-state index < -0.39 is 0 Å². The Kier molecular flexibility index (Phi) is 10100. The summed E-state index contributed by atoms with van der Waals surface area (Å²) in [6.07, 6.45) is 0. The maximum Gasteiger partial charge on any atom is 4.00 e. The Hall–Kier alpha value is 4.50. The summed E-state index contributed by atoms with van der Waals surface area (Å²) in [4.78, 5) is 0. The first kappa shape index (κ1) is 447. The summed E-state index contributed by atoms with van der Waals surface area (Å²) in [7, 11) is 0. The topological polar surface area (TPSA) is 314 Å². The van der Waals surface area contributed by atoms with Crippen molar-refractivity contribution in [3.63, 3.8) is 0 Å². The molecular formula is In2O11Sn4. The van der Waals surface area contributed by atoms with E-state index in [1.165, 1.54) is 0 Å². The molecule has 0 aliphatic carbocycles. The molecular weight excluding hydrogens is 880 g/mol.